The number of ether oxygens (including phenoxy) is 3. The summed E-state index contributed by atoms with van der Waals surface area (Å²) in [6.45, 7) is 0. The van der Waals surface area contributed by atoms with Crippen molar-refractivity contribution in [1.82, 2.24) is 10.3 Å². The Morgan fingerprint density at radius 3 is 2.00 bits per heavy atom. The Balaban J connectivity index is 2.23. The summed E-state index contributed by atoms with van der Waals surface area (Å²) in [7, 11) is -0.234. The quantitative estimate of drug-likeness (QED) is 0.683. The topological polar surface area (TPSA) is 103 Å². The molecule has 2 N–H and O–H groups in total. The van der Waals surface area contributed by atoms with Crippen LogP contribution in [-0.2, 0) is 10.0 Å². The first-order valence-electron chi connectivity index (χ1n) is 7.30. The van der Waals surface area contributed by atoms with Gasteiger partial charge in [0.05, 0.1) is 26.2 Å². The van der Waals surface area contributed by atoms with Crippen LogP contribution in [0.1, 0.15) is 10.4 Å². The van der Waals surface area contributed by atoms with Crippen LogP contribution in [0.15, 0.2) is 35.2 Å². The molecule has 0 unspecified atom stereocenters. The molecule has 0 fully saturated rings. The van der Waals surface area contributed by atoms with Crippen LogP contribution in [0.3, 0.4) is 0 Å². The predicted molar refractivity (Wildman–Crippen MR) is 90.2 cm³/mol. The third-order valence-electron chi connectivity index (χ3n) is 3.43. The van der Waals surface area contributed by atoms with Crippen molar-refractivity contribution in [3.05, 3.63) is 47.5 Å². The third-order valence-corrected chi connectivity index (χ3v) is 4.67. The maximum atomic E-state index is 13.2. The number of methoxy groups -OCH3 is 3. The van der Waals surface area contributed by atoms with Crippen LogP contribution >= 0.6 is 0 Å². The largest absolute Gasteiger partial charge is 0.493 e. The highest BCUT2D eigenvalue weighted by molar-refractivity contribution is 7.89. The zero-order chi connectivity index (χ0) is 20.2. The highest BCUT2D eigenvalue weighted by atomic mass is 32.2. The third kappa shape index (κ3) is 4.44. The lowest BCUT2D eigenvalue weighted by Crippen LogP contribution is -2.41. The summed E-state index contributed by atoms with van der Waals surface area (Å²) in [5.74, 6) is -2.76. The lowest BCUT2D eigenvalue weighted by atomic mass is 10.1. The molecule has 0 bridgehead atoms. The Morgan fingerprint density at radius 1 is 0.926 bits per heavy atom. The molecule has 2 rings (SSSR count). The van der Waals surface area contributed by atoms with Gasteiger partial charge in [0.25, 0.3) is 15.9 Å². The summed E-state index contributed by atoms with van der Waals surface area (Å²) in [6, 6.07) is 4.62. The van der Waals surface area contributed by atoms with Gasteiger partial charge in [-0.15, -0.1) is 4.83 Å². The Morgan fingerprint density at radius 2 is 1.52 bits per heavy atom. The molecular weight excluding hydrogens is 386 g/mol. The minimum atomic E-state index is -4.32. The number of sulfonamides is 1. The fourth-order valence-corrected chi connectivity index (χ4v) is 2.95. The molecule has 0 radical (unpaired) electrons. The molecule has 2 aromatic rings. The van der Waals surface area contributed by atoms with Crippen LogP contribution < -0.4 is 24.5 Å². The standard InChI is InChI=1S/C16H16F2N2O6S/c1-24-13-6-9(7-14(25-2)15(13)26-3)16(21)19-20-27(22,23)10-4-5-11(17)12(18)8-10/h4-8,20H,1-3H3,(H,19,21). The van der Waals surface area contributed by atoms with Gasteiger partial charge in [0.15, 0.2) is 23.1 Å². The van der Waals surface area contributed by atoms with E-state index >= 15 is 0 Å². The van der Waals surface area contributed by atoms with E-state index in [1.165, 1.54) is 33.5 Å². The van der Waals surface area contributed by atoms with E-state index in [0.717, 1.165) is 6.07 Å². The zero-order valence-corrected chi connectivity index (χ0v) is 15.3. The van der Waals surface area contributed by atoms with Gasteiger partial charge in [-0.2, -0.15) is 0 Å². The SMILES string of the molecule is COc1cc(C(=O)NNS(=O)(=O)c2ccc(F)c(F)c2)cc(OC)c1OC. The van der Waals surface area contributed by atoms with E-state index < -0.39 is 32.5 Å². The summed E-state index contributed by atoms with van der Waals surface area (Å²) in [5, 5.41) is 0. The highest BCUT2D eigenvalue weighted by Crippen LogP contribution is 2.38. The average molecular weight is 402 g/mol. The minimum absolute atomic E-state index is 0.00233. The number of benzene rings is 2. The lowest BCUT2D eigenvalue weighted by molar-refractivity contribution is 0.0944. The van der Waals surface area contributed by atoms with Crippen molar-refractivity contribution in [2.24, 2.45) is 0 Å². The van der Waals surface area contributed by atoms with Gasteiger partial charge in [-0.25, -0.2) is 17.2 Å². The number of hydrazine groups is 1. The first kappa shape index (κ1) is 20.4. The molecule has 0 aliphatic heterocycles. The number of rotatable bonds is 7. The molecule has 0 aliphatic carbocycles. The summed E-state index contributed by atoms with van der Waals surface area (Å²) in [5.41, 5.74) is 1.96. The van der Waals surface area contributed by atoms with Crippen molar-refractivity contribution in [1.29, 1.82) is 0 Å². The Labute approximate surface area is 154 Å². The monoisotopic (exact) mass is 402 g/mol. The molecule has 0 aromatic heterocycles. The van der Waals surface area contributed by atoms with Crippen LogP contribution in [0, 0.1) is 11.6 Å². The van der Waals surface area contributed by atoms with Gasteiger partial charge in [0.2, 0.25) is 5.75 Å². The fourth-order valence-electron chi connectivity index (χ4n) is 2.10. The van der Waals surface area contributed by atoms with Gasteiger partial charge in [-0.1, -0.05) is 0 Å². The summed E-state index contributed by atoms with van der Waals surface area (Å²) in [4.78, 5) is 13.5. The Bertz CT molecular complexity index is 940. The van der Waals surface area contributed by atoms with Crippen LogP contribution in [0.4, 0.5) is 8.78 Å². The molecule has 0 aliphatic rings. The molecule has 8 nitrogen and oxygen atoms in total. The highest BCUT2D eigenvalue weighted by Gasteiger charge is 2.20. The number of hydrogen-bond acceptors (Lipinski definition) is 6. The smallest absolute Gasteiger partial charge is 0.266 e. The molecule has 0 spiro atoms. The molecule has 11 heteroatoms. The van der Waals surface area contributed by atoms with Gasteiger partial charge < -0.3 is 14.2 Å². The van der Waals surface area contributed by atoms with E-state index in [0.29, 0.717) is 12.1 Å². The number of carbonyl (C=O) groups excluding carboxylic acids is 1. The van der Waals surface area contributed by atoms with E-state index in [2.05, 4.69) is 0 Å². The normalized spacial score (nSPS) is 11.0. The molecule has 27 heavy (non-hydrogen) atoms. The van der Waals surface area contributed by atoms with Crippen molar-refractivity contribution in [2.45, 2.75) is 4.90 Å². The second kappa shape index (κ2) is 8.18. The van der Waals surface area contributed by atoms with Crippen LogP contribution in [0.25, 0.3) is 0 Å². The van der Waals surface area contributed by atoms with Crippen molar-refractivity contribution < 1.29 is 36.2 Å². The van der Waals surface area contributed by atoms with E-state index in [-0.39, 0.29) is 22.8 Å². The maximum absolute atomic E-state index is 13.2. The van der Waals surface area contributed by atoms with Crippen molar-refractivity contribution in [3.63, 3.8) is 0 Å². The zero-order valence-electron chi connectivity index (χ0n) is 14.5. The molecule has 0 saturated carbocycles. The Hall–Kier alpha value is -2.92. The predicted octanol–water partition coefficient (Wildman–Crippen LogP) is 1.61. The average Bonchev–Trinajstić information content (AvgIpc) is 2.66. The molecule has 1 amide bonds. The molecular formula is C16H16F2N2O6S. The minimum Gasteiger partial charge on any atom is -0.493 e. The number of halogens is 2. The van der Waals surface area contributed by atoms with Crippen molar-refractivity contribution in [2.75, 3.05) is 21.3 Å². The molecule has 0 heterocycles. The van der Waals surface area contributed by atoms with E-state index in [4.69, 9.17) is 14.2 Å². The first-order valence-corrected chi connectivity index (χ1v) is 8.79. The van der Waals surface area contributed by atoms with Crippen molar-refractivity contribution >= 4 is 15.9 Å². The number of nitrogens with one attached hydrogen (secondary N) is 2. The van der Waals surface area contributed by atoms with Gasteiger partial charge >= 0.3 is 0 Å². The lowest BCUT2D eigenvalue weighted by Gasteiger charge is -2.14. The van der Waals surface area contributed by atoms with E-state index in [1.54, 1.807) is 4.83 Å². The number of hydrogen-bond donors (Lipinski definition) is 2. The Kier molecular flexibility index (Phi) is 6.18. The second-order valence-corrected chi connectivity index (χ2v) is 6.73. The second-order valence-electron chi connectivity index (χ2n) is 5.05. The molecule has 146 valence electrons. The fraction of sp³-hybridized carbons (Fsp3) is 0.188. The molecule has 0 atom stereocenters. The van der Waals surface area contributed by atoms with Crippen molar-refractivity contribution in [3.8, 4) is 17.2 Å². The van der Waals surface area contributed by atoms with Gasteiger partial charge in [0.1, 0.15) is 0 Å². The van der Waals surface area contributed by atoms with Gasteiger partial charge in [-0.05, 0) is 30.3 Å². The molecule has 2 aromatic carbocycles. The number of amides is 1. The summed E-state index contributed by atoms with van der Waals surface area (Å²) < 4.78 is 65.7. The van der Waals surface area contributed by atoms with Crippen LogP contribution in [0.2, 0.25) is 0 Å². The van der Waals surface area contributed by atoms with Crippen LogP contribution in [0.5, 0.6) is 17.2 Å². The number of carbonyl (C=O) groups is 1. The maximum Gasteiger partial charge on any atom is 0.266 e. The van der Waals surface area contributed by atoms with Gasteiger partial charge in [0, 0.05) is 5.56 Å². The van der Waals surface area contributed by atoms with E-state index in [1.807, 2.05) is 5.43 Å². The van der Waals surface area contributed by atoms with Gasteiger partial charge in [-0.3, -0.25) is 10.2 Å². The first-order chi connectivity index (χ1) is 12.7. The summed E-state index contributed by atoms with van der Waals surface area (Å²) >= 11 is 0. The molecule has 0 saturated heterocycles. The van der Waals surface area contributed by atoms with E-state index in [9.17, 15) is 22.0 Å². The van der Waals surface area contributed by atoms with Crippen LogP contribution in [-0.4, -0.2) is 35.7 Å². The summed E-state index contributed by atoms with van der Waals surface area (Å²) in [6.07, 6.45) is 0.